The van der Waals surface area contributed by atoms with Gasteiger partial charge in [0.25, 0.3) is 0 Å². The van der Waals surface area contributed by atoms with Crippen molar-refractivity contribution in [2.24, 2.45) is 5.73 Å². The van der Waals surface area contributed by atoms with E-state index in [1.165, 1.54) is 10.4 Å². The van der Waals surface area contributed by atoms with Crippen LogP contribution in [0, 0.1) is 0 Å². The fourth-order valence-corrected chi connectivity index (χ4v) is 3.75. The van der Waals surface area contributed by atoms with Crippen LogP contribution in [0.4, 0.5) is 0 Å². The van der Waals surface area contributed by atoms with E-state index in [1.807, 2.05) is 12.1 Å². The highest BCUT2D eigenvalue weighted by Crippen LogP contribution is 2.30. The fraction of sp³-hybridized carbons (Fsp3) is 0.333. The molecule has 0 bridgehead atoms. The van der Waals surface area contributed by atoms with Crippen LogP contribution in [0.1, 0.15) is 16.5 Å². The van der Waals surface area contributed by atoms with Gasteiger partial charge in [-0.05, 0) is 52.8 Å². The van der Waals surface area contributed by atoms with Gasteiger partial charge in [0, 0.05) is 18.0 Å². The highest BCUT2D eigenvalue weighted by Gasteiger charge is 2.17. The molecular formula is C15H19BrN2OS. The number of methoxy groups -OCH3 is 1. The second kappa shape index (κ2) is 7.22. The molecule has 0 saturated carbocycles. The lowest BCUT2D eigenvalue weighted by Gasteiger charge is -2.26. The van der Waals surface area contributed by atoms with Crippen molar-refractivity contribution in [2.45, 2.75) is 12.6 Å². The van der Waals surface area contributed by atoms with Crippen LogP contribution >= 0.6 is 27.3 Å². The largest absolute Gasteiger partial charge is 0.497 e. The number of hydrogen-bond donors (Lipinski definition) is 1. The SMILES string of the molecule is COc1ccc(CN(C)C(CN)c2ccc(Br)s2)cc1. The molecule has 2 N–H and O–H groups in total. The minimum atomic E-state index is 0.244. The second-order valence-electron chi connectivity index (χ2n) is 4.66. The third-order valence-corrected chi connectivity index (χ3v) is 4.99. The van der Waals surface area contributed by atoms with Gasteiger partial charge < -0.3 is 10.5 Å². The van der Waals surface area contributed by atoms with Crippen molar-refractivity contribution in [2.75, 3.05) is 20.7 Å². The number of thiophene rings is 1. The number of nitrogens with zero attached hydrogens (tertiary/aromatic N) is 1. The van der Waals surface area contributed by atoms with E-state index in [9.17, 15) is 0 Å². The van der Waals surface area contributed by atoms with Gasteiger partial charge in [-0.15, -0.1) is 11.3 Å². The van der Waals surface area contributed by atoms with Crippen molar-refractivity contribution >= 4 is 27.3 Å². The number of halogens is 1. The van der Waals surface area contributed by atoms with Crippen LogP contribution in [0.15, 0.2) is 40.2 Å². The van der Waals surface area contributed by atoms with Crippen molar-refractivity contribution in [1.29, 1.82) is 0 Å². The van der Waals surface area contributed by atoms with Crippen LogP contribution in [0.3, 0.4) is 0 Å². The maximum atomic E-state index is 5.94. The lowest BCUT2D eigenvalue weighted by atomic mass is 10.1. The minimum absolute atomic E-state index is 0.244. The Morgan fingerprint density at radius 1 is 1.25 bits per heavy atom. The average Bonchev–Trinajstić information content (AvgIpc) is 2.87. The van der Waals surface area contributed by atoms with Crippen LogP contribution in [0.25, 0.3) is 0 Å². The molecule has 1 unspecified atom stereocenters. The first-order chi connectivity index (χ1) is 9.63. The molecule has 0 spiro atoms. The highest BCUT2D eigenvalue weighted by molar-refractivity contribution is 9.11. The van der Waals surface area contributed by atoms with Crippen molar-refractivity contribution in [3.05, 3.63) is 50.6 Å². The molecule has 0 fully saturated rings. The normalized spacial score (nSPS) is 12.7. The summed E-state index contributed by atoms with van der Waals surface area (Å²) < 4.78 is 6.32. The summed E-state index contributed by atoms with van der Waals surface area (Å²) in [5.41, 5.74) is 7.20. The maximum Gasteiger partial charge on any atom is 0.118 e. The standard InChI is InChI=1S/C15H19BrN2OS/c1-18(10-11-3-5-12(19-2)6-4-11)13(9-17)14-7-8-15(16)20-14/h3-8,13H,9-10,17H2,1-2H3. The molecule has 5 heteroatoms. The molecule has 1 atom stereocenters. The molecule has 3 nitrogen and oxygen atoms in total. The summed E-state index contributed by atoms with van der Waals surface area (Å²) in [7, 11) is 3.79. The minimum Gasteiger partial charge on any atom is -0.497 e. The second-order valence-corrected chi connectivity index (χ2v) is 7.15. The zero-order valence-electron chi connectivity index (χ0n) is 11.7. The van der Waals surface area contributed by atoms with E-state index in [0.29, 0.717) is 6.54 Å². The van der Waals surface area contributed by atoms with Gasteiger partial charge in [-0.25, -0.2) is 0 Å². The van der Waals surface area contributed by atoms with Gasteiger partial charge in [-0.1, -0.05) is 12.1 Å². The van der Waals surface area contributed by atoms with Crippen molar-refractivity contribution in [3.8, 4) is 5.75 Å². The van der Waals surface area contributed by atoms with Crippen LogP contribution in [0.5, 0.6) is 5.75 Å². The van der Waals surface area contributed by atoms with E-state index < -0.39 is 0 Å². The van der Waals surface area contributed by atoms with E-state index in [2.05, 4.69) is 52.1 Å². The maximum absolute atomic E-state index is 5.94. The predicted octanol–water partition coefficient (Wildman–Crippen LogP) is 3.65. The number of likely N-dealkylation sites (N-methyl/N-ethyl adjacent to an activating group) is 1. The number of benzene rings is 1. The average molecular weight is 355 g/mol. The van der Waals surface area contributed by atoms with Gasteiger partial charge in [-0.2, -0.15) is 0 Å². The molecule has 0 saturated heterocycles. The summed E-state index contributed by atoms with van der Waals surface area (Å²) in [5.74, 6) is 0.883. The quantitative estimate of drug-likeness (QED) is 0.860. The third-order valence-electron chi connectivity index (χ3n) is 3.27. The Hall–Kier alpha value is -0.880. The van der Waals surface area contributed by atoms with Gasteiger partial charge >= 0.3 is 0 Å². The Bertz CT molecular complexity index is 541. The molecule has 1 aromatic heterocycles. The molecule has 0 radical (unpaired) electrons. The predicted molar refractivity (Wildman–Crippen MR) is 88.3 cm³/mol. The summed E-state index contributed by atoms with van der Waals surface area (Å²) >= 11 is 5.25. The number of ether oxygens (including phenoxy) is 1. The molecular weight excluding hydrogens is 336 g/mol. The zero-order chi connectivity index (χ0) is 14.5. The number of rotatable bonds is 6. The van der Waals surface area contributed by atoms with Crippen molar-refractivity contribution < 1.29 is 4.74 Å². The first-order valence-corrected chi connectivity index (χ1v) is 8.03. The molecule has 2 aromatic rings. The zero-order valence-corrected chi connectivity index (χ0v) is 14.1. The van der Waals surface area contributed by atoms with Gasteiger partial charge in [0.05, 0.1) is 16.9 Å². The van der Waals surface area contributed by atoms with Gasteiger partial charge in [0.15, 0.2) is 0 Å². The van der Waals surface area contributed by atoms with E-state index in [-0.39, 0.29) is 6.04 Å². The lowest BCUT2D eigenvalue weighted by molar-refractivity contribution is 0.245. The Labute approximate surface area is 132 Å². The molecule has 1 heterocycles. The topological polar surface area (TPSA) is 38.5 Å². The molecule has 2 rings (SSSR count). The Morgan fingerprint density at radius 2 is 1.95 bits per heavy atom. The van der Waals surface area contributed by atoms with Gasteiger partial charge in [0.1, 0.15) is 5.75 Å². The van der Waals surface area contributed by atoms with E-state index >= 15 is 0 Å². The highest BCUT2D eigenvalue weighted by atomic mass is 79.9. The lowest BCUT2D eigenvalue weighted by Crippen LogP contribution is -2.29. The van der Waals surface area contributed by atoms with E-state index in [4.69, 9.17) is 10.5 Å². The molecule has 20 heavy (non-hydrogen) atoms. The molecule has 0 amide bonds. The monoisotopic (exact) mass is 354 g/mol. The van der Waals surface area contributed by atoms with E-state index in [1.54, 1.807) is 18.4 Å². The summed E-state index contributed by atoms with van der Waals surface area (Å²) in [6.07, 6.45) is 0. The molecule has 0 aliphatic carbocycles. The summed E-state index contributed by atoms with van der Waals surface area (Å²) in [6.45, 7) is 1.47. The van der Waals surface area contributed by atoms with Crippen LogP contribution < -0.4 is 10.5 Å². The van der Waals surface area contributed by atoms with Gasteiger partial charge in [0.2, 0.25) is 0 Å². The fourth-order valence-electron chi connectivity index (χ4n) is 2.15. The number of hydrogen-bond acceptors (Lipinski definition) is 4. The van der Waals surface area contributed by atoms with Crippen LogP contribution in [-0.2, 0) is 6.54 Å². The third kappa shape index (κ3) is 3.82. The van der Waals surface area contributed by atoms with Gasteiger partial charge in [-0.3, -0.25) is 4.90 Å². The summed E-state index contributed by atoms with van der Waals surface area (Å²) in [5, 5.41) is 0. The van der Waals surface area contributed by atoms with E-state index in [0.717, 1.165) is 16.1 Å². The smallest absolute Gasteiger partial charge is 0.118 e. The van der Waals surface area contributed by atoms with Crippen LogP contribution in [-0.4, -0.2) is 25.6 Å². The summed E-state index contributed by atoms with van der Waals surface area (Å²) in [6, 6.07) is 12.6. The Kier molecular flexibility index (Phi) is 5.60. The van der Waals surface area contributed by atoms with Crippen molar-refractivity contribution in [3.63, 3.8) is 0 Å². The van der Waals surface area contributed by atoms with Crippen LogP contribution in [0.2, 0.25) is 0 Å². The first-order valence-electron chi connectivity index (χ1n) is 6.42. The van der Waals surface area contributed by atoms with Crippen molar-refractivity contribution in [1.82, 2.24) is 4.90 Å². The molecule has 0 aliphatic rings. The molecule has 1 aromatic carbocycles. The molecule has 0 aliphatic heterocycles. The first kappa shape index (κ1) is 15.5. The Morgan fingerprint density at radius 3 is 2.45 bits per heavy atom. The summed E-state index contributed by atoms with van der Waals surface area (Å²) in [4.78, 5) is 3.57. The number of nitrogens with two attached hydrogens (primary N) is 1. The molecule has 108 valence electrons. The Balaban J connectivity index is 2.06.